The topological polar surface area (TPSA) is 57.8 Å². The Hall–Kier alpha value is -3.01. The average Bonchev–Trinajstić information content (AvgIpc) is 3.30. The summed E-state index contributed by atoms with van der Waals surface area (Å²) in [7, 11) is 0. The maximum atomic E-state index is 13.0. The van der Waals surface area contributed by atoms with Crippen molar-refractivity contribution in [3.63, 3.8) is 0 Å². The fraction of sp³-hybridized carbons (Fsp3) is 0.300. The minimum atomic E-state index is -4.45. The summed E-state index contributed by atoms with van der Waals surface area (Å²) >= 11 is 0. The van der Waals surface area contributed by atoms with E-state index in [0.29, 0.717) is 11.4 Å². The monoisotopic (exact) mass is 373 g/mol. The summed E-state index contributed by atoms with van der Waals surface area (Å²) in [5.74, 6) is -0.457. The van der Waals surface area contributed by atoms with Gasteiger partial charge in [0.05, 0.1) is 5.56 Å². The van der Waals surface area contributed by atoms with Gasteiger partial charge in [0.15, 0.2) is 0 Å². The van der Waals surface area contributed by atoms with Gasteiger partial charge in [-0.05, 0) is 49.2 Å². The van der Waals surface area contributed by atoms with Crippen LogP contribution in [0.4, 0.5) is 13.2 Å². The molecule has 0 aliphatic heterocycles. The zero-order valence-corrected chi connectivity index (χ0v) is 14.5. The minimum Gasteiger partial charge on any atom is -0.349 e. The van der Waals surface area contributed by atoms with Crippen LogP contribution < -0.4 is 5.32 Å². The maximum Gasteiger partial charge on any atom is 0.416 e. The molecule has 0 bridgehead atoms. The number of aromatic nitrogens is 1. The van der Waals surface area contributed by atoms with Gasteiger partial charge in [-0.2, -0.15) is 18.4 Å². The first-order valence-corrected chi connectivity index (χ1v) is 8.66. The summed E-state index contributed by atoms with van der Waals surface area (Å²) in [4.78, 5) is 12.3. The highest BCUT2D eigenvalue weighted by atomic mass is 19.4. The van der Waals surface area contributed by atoms with Crippen LogP contribution >= 0.6 is 0 Å². The van der Waals surface area contributed by atoms with Crippen LogP contribution in [0.2, 0.25) is 0 Å². The molecule has 0 radical (unpaired) electrons. The fourth-order valence-corrected chi connectivity index (χ4v) is 3.21. The molecule has 0 spiro atoms. The molecular weight excluding hydrogens is 355 g/mol. The van der Waals surface area contributed by atoms with E-state index in [1.807, 2.05) is 6.07 Å². The highest BCUT2D eigenvalue weighted by Gasteiger charge is 2.30. The number of carbonyl (C=O) groups is 1. The van der Waals surface area contributed by atoms with Crippen molar-refractivity contribution in [1.29, 1.82) is 5.26 Å². The second-order valence-electron chi connectivity index (χ2n) is 6.48. The number of hydrogen-bond donors (Lipinski definition) is 1. The van der Waals surface area contributed by atoms with Crippen LogP contribution in [0.5, 0.6) is 0 Å². The van der Waals surface area contributed by atoms with Crippen molar-refractivity contribution in [3.8, 4) is 11.8 Å². The molecule has 27 heavy (non-hydrogen) atoms. The van der Waals surface area contributed by atoms with E-state index in [4.69, 9.17) is 0 Å². The number of nitrogens with one attached hydrogen (secondary N) is 1. The third-order valence-electron chi connectivity index (χ3n) is 4.58. The first-order chi connectivity index (χ1) is 12.9. The Labute approximate surface area is 154 Å². The van der Waals surface area contributed by atoms with Gasteiger partial charge in [-0.15, -0.1) is 0 Å². The molecule has 1 aliphatic rings. The van der Waals surface area contributed by atoms with Gasteiger partial charge < -0.3 is 9.88 Å². The predicted molar refractivity (Wildman–Crippen MR) is 94.8 cm³/mol. The van der Waals surface area contributed by atoms with Crippen molar-refractivity contribution in [3.05, 3.63) is 59.4 Å². The molecule has 1 fully saturated rings. The number of nitrogens with zero attached hydrogens (tertiary/aromatic N) is 2. The predicted octanol–water partition coefficient (Wildman–Crippen LogP) is 4.46. The summed E-state index contributed by atoms with van der Waals surface area (Å²) in [6.07, 6.45) is 2.42. The van der Waals surface area contributed by atoms with Crippen LogP contribution in [0.15, 0.2) is 48.2 Å². The molecule has 4 nitrogen and oxygen atoms in total. The fourth-order valence-electron chi connectivity index (χ4n) is 3.21. The smallest absolute Gasteiger partial charge is 0.349 e. The van der Waals surface area contributed by atoms with Crippen molar-refractivity contribution < 1.29 is 18.0 Å². The van der Waals surface area contributed by atoms with Crippen LogP contribution in [0, 0.1) is 11.3 Å². The molecule has 1 N–H and O–H groups in total. The first kappa shape index (κ1) is 18.8. The molecule has 3 rings (SSSR count). The molecular formula is C20H18F3N3O. The van der Waals surface area contributed by atoms with E-state index in [2.05, 4.69) is 5.32 Å². The molecule has 1 heterocycles. The van der Waals surface area contributed by atoms with E-state index in [1.165, 1.54) is 22.8 Å². The van der Waals surface area contributed by atoms with Crippen LogP contribution in [0.3, 0.4) is 0 Å². The van der Waals surface area contributed by atoms with Gasteiger partial charge in [0.1, 0.15) is 11.6 Å². The summed E-state index contributed by atoms with van der Waals surface area (Å²) < 4.78 is 40.4. The Balaban J connectivity index is 1.88. The highest BCUT2D eigenvalue weighted by molar-refractivity contribution is 6.01. The normalized spacial score (nSPS) is 15.6. The lowest BCUT2D eigenvalue weighted by atomic mass is 10.1. The van der Waals surface area contributed by atoms with Gasteiger partial charge in [0, 0.05) is 23.6 Å². The molecule has 7 heteroatoms. The van der Waals surface area contributed by atoms with Gasteiger partial charge in [-0.3, -0.25) is 4.79 Å². The Morgan fingerprint density at radius 1 is 1.22 bits per heavy atom. The number of amides is 1. The maximum absolute atomic E-state index is 13.0. The molecule has 1 amide bonds. The Kier molecular flexibility index (Phi) is 5.36. The Bertz CT molecular complexity index is 900. The highest BCUT2D eigenvalue weighted by Crippen LogP contribution is 2.30. The van der Waals surface area contributed by atoms with Gasteiger partial charge >= 0.3 is 6.18 Å². The largest absolute Gasteiger partial charge is 0.416 e. The lowest BCUT2D eigenvalue weighted by molar-refractivity contribution is -0.137. The quantitative estimate of drug-likeness (QED) is 0.635. The van der Waals surface area contributed by atoms with Crippen LogP contribution in [0.25, 0.3) is 11.8 Å². The molecule has 1 aromatic carbocycles. The molecule has 0 saturated heterocycles. The number of alkyl halides is 3. The Morgan fingerprint density at radius 3 is 2.63 bits per heavy atom. The van der Waals surface area contributed by atoms with Gasteiger partial charge in [-0.25, -0.2) is 0 Å². The minimum absolute atomic E-state index is 0.0736. The summed E-state index contributed by atoms with van der Waals surface area (Å²) in [5.41, 5.74) is -0.0843. The second-order valence-corrected chi connectivity index (χ2v) is 6.48. The van der Waals surface area contributed by atoms with Crippen LogP contribution in [-0.4, -0.2) is 16.5 Å². The van der Waals surface area contributed by atoms with Crippen molar-refractivity contribution in [2.24, 2.45) is 0 Å². The number of hydrogen-bond acceptors (Lipinski definition) is 2. The molecule has 2 aromatic rings. The molecule has 1 aromatic heterocycles. The number of rotatable bonds is 4. The third-order valence-corrected chi connectivity index (χ3v) is 4.58. The van der Waals surface area contributed by atoms with E-state index >= 15 is 0 Å². The van der Waals surface area contributed by atoms with E-state index in [9.17, 15) is 23.2 Å². The van der Waals surface area contributed by atoms with Crippen molar-refractivity contribution in [2.45, 2.75) is 37.9 Å². The molecule has 1 aliphatic carbocycles. The van der Waals surface area contributed by atoms with E-state index in [1.54, 1.807) is 18.3 Å². The molecule has 140 valence electrons. The average molecular weight is 373 g/mol. The molecule has 0 atom stereocenters. The summed E-state index contributed by atoms with van der Waals surface area (Å²) in [6, 6.07) is 10.1. The summed E-state index contributed by atoms with van der Waals surface area (Å²) in [5, 5.41) is 12.2. The van der Waals surface area contributed by atoms with E-state index < -0.39 is 17.6 Å². The summed E-state index contributed by atoms with van der Waals surface area (Å²) in [6.45, 7) is 0. The SMILES string of the molecule is N#C/C(=C/c1cccn1-c1cccc(C(F)(F)F)c1)C(=O)NC1CCCC1. The van der Waals surface area contributed by atoms with Crippen LogP contribution in [-0.2, 0) is 11.0 Å². The van der Waals surface area contributed by atoms with E-state index in [0.717, 1.165) is 37.8 Å². The number of halogens is 3. The standard InChI is InChI=1S/C20H18F3N3O/c21-20(22,23)15-5-3-8-18(12-15)26-10-4-9-17(26)11-14(13-24)19(27)25-16-6-1-2-7-16/h3-5,8-12,16H,1-2,6-7H2,(H,25,27)/b14-11-. The third kappa shape index (κ3) is 4.40. The number of benzene rings is 1. The van der Waals surface area contributed by atoms with Gasteiger partial charge in [-0.1, -0.05) is 18.9 Å². The zero-order valence-electron chi connectivity index (χ0n) is 14.5. The second kappa shape index (κ2) is 7.70. The van der Waals surface area contributed by atoms with Gasteiger partial charge in [0.25, 0.3) is 5.91 Å². The van der Waals surface area contributed by atoms with Crippen molar-refractivity contribution in [1.82, 2.24) is 9.88 Å². The lowest BCUT2D eigenvalue weighted by Crippen LogP contribution is -2.33. The van der Waals surface area contributed by atoms with Crippen LogP contribution in [0.1, 0.15) is 36.9 Å². The molecule has 0 unspecified atom stereocenters. The Morgan fingerprint density at radius 2 is 1.96 bits per heavy atom. The van der Waals surface area contributed by atoms with E-state index in [-0.39, 0.29) is 11.6 Å². The first-order valence-electron chi connectivity index (χ1n) is 8.66. The van der Waals surface area contributed by atoms with Crippen molar-refractivity contribution >= 4 is 12.0 Å². The molecule has 1 saturated carbocycles. The zero-order chi connectivity index (χ0) is 19.4. The lowest BCUT2D eigenvalue weighted by Gasteiger charge is -2.12. The van der Waals surface area contributed by atoms with Gasteiger partial charge in [0.2, 0.25) is 0 Å². The number of nitriles is 1. The van der Waals surface area contributed by atoms with Crippen molar-refractivity contribution in [2.75, 3.05) is 0 Å². The number of carbonyl (C=O) groups excluding carboxylic acids is 1.